The number of fused-ring (bicyclic) bond motifs is 23. The Bertz CT molecular complexity index is 5970. The molecule has 3 aromatic heterocycles. The number of allylic oxidation sites excluding steroid dienone is 5. The summed E-state index contributed by atoms with van der Waals surface area (Å²) in [5.74, 6) is 0. The molecule has 2 spiro atoms. The van der Waals surface area contributed by atoms with E-state index in [1.807, 2.05) is 35.1 Å². The lowest BCUT2D eigenvalue weighted by atomic mass is 9.68. The molecular formula is C92H57NS2. The summed E-state index contributed by atoms with van der Waals surface area (Å²) in [4.78, 5) is 4.93. The molecule has 13 aromatic carbocycles. The van der Waals surface area contributed by atoms with Crippen molar-refractivity contribution in [2.75, 3.05) is 0 Å². The summed E-state index contributed by atoms with van der Waals surface area (Å²) in [6.07, 6.45) is 13.7. The van der Waals surface area contributed by atoms with Gasteiger partial charge in [0, 0.05) is 63.9 Å². The molecule has 3 heteroatoms. The molecule has 0 amide bonds. The fourth-order valence-corrected chi connectivity index (χ4v) is 19.9. The van der Waals surface area contributed by atoms with E-state index in [2.05, 4.69) is 309 Å². The second kappa shape index (κ2) is 20.8. The van der Waals surface area contributed by atoms with E-state index < -0.39 is 0 Å². The number of thiophene rings is 2. The molecule has 20 rings (SSSR count). The van der Waals surface area contributed by atoms with Gasteiger partial charge in [0.25, 0.3) is 0 Å². The van der Waals surface area contributed by atoms with Crippen LogP contribution in [-0.4, -0.2) is 4.98 Å². The maximum atomic E-state index is 4.93. The summed E-state index contributed by atoms with van der Waals surface area (Å²) in [6, 6.07) is 107. The zero-order chi connectivity index (χ0) is 62.5. The SMILES string of the molecule is C=C1/C=C\C=C/CC2(c3ccc(-c4cccc5c4sc4c(-c6cccc(-c7cncc(-c8cccc(-c9cccc%10c9sc9c(-c%11ccc%12c(c%11)-c%11ccccc%11C%12%11c%12ccccc%12-c%12ccccc%12%11)cccc9%10)c8)c7)c6)cccc45)cc31)c1ccccc1-c1ccccc12. The van der Waals surface area contributed by atoms with Crippen LogP contribution in [0.1, 0.15) is 50.9 Å². The molecule has 0 fully saturated rings. The molecule has 0 N–H and O–H groups in total. The lowest BCUT2D eigenvalue weighted by molar-refractivity contribution is 0.643. The Hall–Kier alpha value is -11.3. The van der Waals surface area contributed by atoms with E-state index in [9.17, 15) is 0 Å². The summed E-state index contributed by atoms with van der Waals surface area (Å²) in [5.41, 5.74) is 33.1. The van der Waals surface area contributed by atoms with Crippen LogP contribution in [0.4, 0.5) is 0 Å². The number of nitrogens with zero attached hydrogens (tertiary/aromatic N) is 1. The molecule has 95 heavy (non-hydrogen) atoms. The topological polar surface area (TPSA) is 12.9 Å². The van der Waals surface area contributed by atoms with Crippen molar-refractivity contribution in [3.05, 3.63) is 373 Å². The summed E-state index contributed by atoms with van der Waals surface area (Å²) >= 11 is 3.81. The van der Waals surface area contributed by atoms with Gasteiger partial charge in [-0.1, -0.05) is 286 Å². The van der Waals surface area contributed by atoms with Crippen molar-refractivity contribution in [2.45, 2.75) is 17.3 Å². The van der Waals surface area contributed by atoms with Gasteiger partial charge in [-0.3, -0.25) is 4.98 Å². The third-order valence-corrected chi connectivity index (χ3v) is 23.9. The van der Waals surface area contributed by atoms with E-state index in [-0.39, 0.29) is 10.8 Å². The Kier molecular flexibility index (Phi) is 11.9. The van der Waals surface area contributed by atoms with E-state index in [1.165, 1.54) is 163 Å². The number of benzene rings is 13. The first-order valence-electron chi connectivity index (χ1n) is 32.9. The van der Waals surface area contributed by atoms with Gasteiger partial charge >= 0.3 is 0 Å². The van der Waals surface area contributed by atoms with Crippen LogP contribution in [0, 0.1) is 0 Å². The standard InChI is InChI=1S/C92H57NS2/c1-56-21-3-2-14-48-91(80-39-9-4-26-69(80)70-27-5-10-40-81(70)91)82-46-44-61(52-78(56)82)67-33-19-37-76-74-35-17-31-65(87(74)94-89(67)76)59-24-15-22-57(49-59)63-51-64(55-93-54-63)58-23-16-25-60(50-58)66-32-18-36-75-77-38-20-34-68(90(77)95-88(66)75)62-45-47-86-79(53-62)73-30-8-13-43-85(73)92(86)83-41-11-6-28-71(83)72-29-7-12-42-84(72)92/h2-47,49-55H,1,48H2/b14-2-,21-3-. The van der Waals surface area contributed by atoms with E-state index in [1.54, 1.807) is 0 Å². The lowest BCUT2D eigenvalue weighted by Crippen LogP contribution is -2.27. The normalized spacial score (nSPS) is 14.8. The molecule has 0 radical (unpaired) electrons. The molecule has 1 nitrogen and oxygen atoms in total. The molecule has 0 saturated heterocycles. The second-order valence-corrected chi connectivity index (χ2v) is 28.0. The number of aromatic nitrogens is 1. The average Bonchev–Trinajstić information content (AvgIpc) is 1.52. The molecule has 442 valence electrons. The molecule has 4 aliphatic carbocycles. The van der Waals surface area contributed by atoms with Gasteiger partial charge in [0.2, 0.25) is 0 Å². The van der Waals surface area contributed by atoms with Gasteiger partial charge in [0.05, 0.1) is 10.8 Å². The molecule has 0 atom stereocenters. The Morgan fingerprint density at radius 2 is 0.611 bits per heavy atom. The zero-order valence-electron chi connectivity index (χ0n) is 51.8. The van der Waals surface area contributed by atoms with Crippen molar-refractivity contribution < 1.29 is 0 Å². The fourth-order valence-electron chi connectivity index (χ4n) is 17.2. The highest BCUT2D eigenvalue weighted by molar-refractivity contribution is 7.27. The molecule has 0 unspecified atom stereocenters. The van der Waals surface area contributed by atoms with Crippen molar-refractivity contribution in [2.24, 2.45) is 0 Å². The van der Waals surface area contributed by atoms with E-state index in [0.717, 1.165) is 34.2 Å². The highest BCUT2D eigenvalue weighted by Gasteiger charge is 2.52. The van der Waals surface area contributed by atoms with Crippen LogP contribution in [0.5, 0.6) is 0 Å². The van der Waals surface area contributed by atoms with E-state index in [0.29, 0.717) is 0 Å². The van der Waals surface area contributed by atoms with Crippen LogP contribution in [0.15, 0.2) is 328 Å². The van der Waals surface area contributed by atoms with E-state index >= 15 is 0 Å². The maximum Gasteiger partial charge on any atom is 0.0725 e. The number of rotatable bonds is 6. The minimum absolute atomic E-state index is 0.352. The molecule has 0 bridgehead atoms. The third kappa shape index (κ3) is 7.80. The van der Waals surface area contributed by atoms with Crippen LogP contribution < -0.4 is 0 Å². The Balaban J connectivity index is 0.631. The van der Waals surface area contributed by atoms with Crippen LogP contribution in [0.25, 0.3) is 146 Å². The van der Waals surface area contributed by atoms with Crippen LogP contribution >= 0.6 is 22.7 Å². The van der Waals surface area contributed by atoms with Crippen molar-refractivity contribution in [3.63, 3.8) is 0 Å². The van der Waals surface area contributed by atoms with Crippen molar-refractivity contribution >= 4 is 68.6 Å². The van der Waals surface area contributed by atoms with Gasteiger partial charge in [-0.2, -0.15) is 0 Å². The predicted octanol–water partition coefficient (Wildman–Crippen LogP) is 25.0. The minimum Gasteiger partial charge on any atom is -0.263 e. The first-order chi connectivity index (χ1) is 47.0. The van der Waals surface area contributed by atoms with Crippen molar-refractivity contribution in [3.8, 4) is 100 Å². The van der Waals surface area contributed by atoms with Gasteiger partial charge in [0.15, 0.2) is 0 Å². The van der Waals surface area contributed by atoms with Gasteiger partial charge < -0.3 is 0 Å². The first-order valence-corrected chi connectivity index (χ1v) is 34.5. The fraction of sp³-hybridized carbons (Fsp3) is 0.0326. The maximum absolute atomic E-state index is 4.93. The minimum atomic E-state index is -0.362. The highest BCUT2D eigenvalue weighted by atomic mass is 32.1. The van der Waals surface area contributed by atoms with Crippen LogP contribution in [0.3, 0.4) is 0 Å². The highest BCUT2D eigenvalue weighted by Crippen LogP contribution is 2.64. The number of hydrogen-bond acceptors (Lipinski definition) is 3. The summed E-state index contributed by atoms with van der Waals surface area (Å²) < 4.78 is 5.17. The molecule has 0 aliphatic heterocycles. The van der Waals surface area contributed by atoms with Gasteiger partial charge in [-0.25, -0.2) is 0 Å². The molecule has 0 saturated carbocycles. The summed E-state index contributed by atoms with van der Waals surface area (Å²) in [5, 5.41) is 5.11. The largest absolute Gasteiger partial charge is 0.263 e. The van der Waals surface area contributed by atoms with Crippen LogP contribution in [0.2, 0.25) is 0 Å². The average molecular weight is 1240 g/mol. The first kappa shape index (κ1) is 54.2. The number of hydrogen-bond donors (Lipinski definition) is 0. The summed E-state index contributed by atoms with van der Waals surface area (Å²) in [7, 11) is 0. The lowest BCUT2D eigenvalue weighted by Gasteiger charge is -2.34. The summed E-state index contributed by atoms with van der Waals surface area (Å²) in [6.45, 7) is 4.73. The van der Waals surface area contributed by atoms with Crippen molar-refractivity contribution in [1.29, 1.82) is 0 Å². The second-order valence-electron chi connectivity index (χ2n) is 26.0. The monoisotopic (exact) mass is 1240 g/mol. The van der Waals surface area contributed by atoms with Gasteiger partial charge in [0.1, 0.15) is 0 Å². The van der Waals surface area contributed by atoms with E-state index in [4.69, 9.17) is 11.6 Å². The smallest absolute Gasteiger partial charge is 0.0725 e. The third-order valence-electron chi connectivity index (χ3n) is 21.3. The zero-order valence-corrected chi connectivity index (χ0v) is 53.4. The van der Waals surface area contributed by atoms with Crippen molar-refractivity contribution in [1.82, 2.24) is 4.98 Å². The molecular weight excluding hydrogens is 1180 g/mol. The number of pyridine rings is 1. The van der Waals surface area contributed by atoms with Gasteiger partial charge in [-0.05, 0) is 176 Å². The van der Waals surface area contributed by atoms with Gasteiger partial charge in [-0.15, -0.1) is 22.7 Å². The Morgan fingerprint density at radius 1 is 0.274 bits per heavy atom. The van der Waals surface area contributed by atoms with Crippen LogP contribution in [-0.2, 0) is 10.8 Å². The molecule has 3 heterocycles. The molecule has 16 aromatic rings. The quantitative estimate of drug-likeness (QED) is 0.162. The Morgan fingerprint density at radius 3 is 1.08 bits per heavy atom. The Labute approximate surface area is 559 Å². The predicted molar refractivity (Wildman–Crippen MR) is 403 cm³/mol. The molecule has 4 aliphatic rings.